The Morgan fingerprint density at radius 1 is 1.27 bits per heavy atom. The maximum atomic E-state index is 12.8. The average molecular weight is 362 g/mol. The normalized spacial score (nSPS) is 24.2. The standard InChI is InChI=1S/C20H30N2O4/c1-14(17-8-4-5-9-18(17)24-3)21-19(23)15(2)22-10-6-7-16(13-22)20-25-11-12-26-20/h4-5,8-9,14-16,20H,6-7,10-13H2,1-3H3,(H,21,23). The van der Waals surface area contributed by atoms with Crippen LogP contribution >= 0.6 is 0 Å². The lowest BCUT2D eigenvalue weighted by Crippen LogP contribution is -2.51. The van der Waals surface area contributed by atoms with Crippen LogP contribution in [-0.4, -0.2) is 56.6 Å². The molecule has 2 aliphatic rings. The summed E-state index contributed by atoms with van der Waals surface area (Å²) < 4.78 is 16.7. The number of nitrogens with one attached hydrogen (secondary N) is 1. The summed E-state index contributed by atoms with van der Waals surface area (Å²) in [5.74, 6) is 1.17. The first-order valence-corrected chi connectivity index (χ1v) is 9.50. The van der Waals surface area contributed by atoms with E-state index in [2.05, 4.69) is 10.2 Å². The predicted octanol–water partition coefficient (Wildman–Crippen LogP) is 2.35. The van der Waals surface area contributed by atoms with Crippen LogP contribution < -0.4 is 10.1 Å². The lowest BCUT2D eigenvalue weighted by Gasteiger charge is -2.37. The van der Waals surface area contributed by atoms with E-state index in [9.17, 15) is 4.79 Å². The Bertz CT molecular complexity index is 603. The van der Waals surface area contributed by atoms with Gasteiger partial charge >= 0.3 is 0 Å². The van der Waals surface area contributed by atoms with Crippen LogP contribution in [0.1, 0.15) is 38.3 Å². The van der Waals surface area contributed by atoms with Crippen LogP contribution in [0.25, 0.3) is 0 Å². The van der Waals surface area contributed by atoms with E-state index < -0.39 is 0 Å². The second-order valence-corrected chi connectivity index (χ2v) is 7.16. The number of amides is 1. The number of nitrogens with zero attached hydrogens (tertiary/aromatic N) is 1. The van der Waals surface area contributed by atoms with E-state index in [1.807, 2.05) is 38.1 Å². The van der Waals surface area contributed by atoms with Gasteiger partial charge in [0.15, 0.2) is 6.29 Å². The zero-order chi connectivity index (χ0) is 18.5. The predicted molar refractivity (Wildman–Crippen MR) is 99.0 cm³/mol. The molecule has 6 heteroatoms. The number of hydrogen-bond acceptors (Lipinski definition) is 5. The van der Waals surface area contributed by atoms with E-state index in [4.69, 9.17) is 14.2 Å². The van der Waals surface area contributed by atoms with E-state index >= 15 is 0 Å². The number of piperidine rings is 1. The molecular formula is C20H30N2O4. The van der Waals surface area contributed by atoms with E-state index in [1.54, 1.807) is 7.11 Å². The SMILES string of the molecule is COc1ccccc1C(C)NC(=O)C(C)N1CCCC(C2OCCO2)C1. The van der Waals surface area contributed by atoms with Gasteiger partial charge in [0.1, 0.15) is 5.75 Å². The number of carbonyl (C=O) groups is 1. The van der Waals surface area contributed by atoms with Gasteiger partial charge in [-0.1, -0.05) is 18.2 Å². The number of para-hydroxylation sites is 1. The molecule has 1 aromatic rings. The van der Waals surface area contributed by atoms with Gasteiger partial charge in [-0.05, 0) is 39.3 Å². The van der Waals surface area contributed by atoms with Crippen LogP contribution in [0.5, 0.6) is 5.75 Å². The maximum Gasteiger partial charge on any atom is 0.237 e. The molecule has 6 nitrogen and oxygen atoms in total. The summed E-state index contributed by atoms with van der Waals surface area (Å²) in [5.41, 5.74) is 0.986. The number of rotatable bonds is 6. The number of carbonyl (C=O) groups excluding carboxylic acids is 1. The van der Waals surface area contributed by atoms with Crippen LogP contribution in [0.15, 0.2) is 24.3 Å². The van der Waals surface area contributed by atoms with Gasteiger partial charge in [0.25, 0.3) is 0 Å². The Balaban J connectivity index is 1.58. The molecule has 1 aromatic carbocycles. The molecule has 1 amide bonds. The van der Waals surface area contributed by atoms with Crippen LogP contribution in [0, 0.1) is 5.92 Å². The number of likely N-dealkylation sites (tertiary alicyclic amines) is 1. The average Bonchev–Trinajstić information content (AvgIpc) is 3.22. The quantitative estimate of drug-likeness (QED) is 0.842. The fraction of sp³-hybridized carbons (Fsp3) is 0.650. The summed E-state index contributed by atoms with van der Waals surface area (Å²) in [5, 5.41) is 3.13. The van der Waals surface area contributed by atoms with Crippen molar-refractivity contribution < 1.29 is 19.0 Å². The summed E-state index contributed by atoms with van der Waals surface area (Å²) in [7, 11) is 1.65. The second-order valence-electron chi connectivity index (χ2n) is 7.16. The number of hydrogen-bond donors (Lipinski definition) is 1. The number of ether oxygens (including phenoxy) is 3. The molecule has 3 unspecified atom stereocenters. The van der Waals surface area contributed by atoms with Crippen LogP contribution in [0.2, 0.25) is 0 Å². The van der Waals surface area contributed by atoms with E-state index in [-0.39, 0.29) is 24.3 Å². The molecular weight excluding hydrogens is 332 g/mol. The summed E-state index contributed by atoms with van der Waals surface area (Å²) in [6.07, 6.45) is 2.04. The van der Waals surface area contributed by atoms with Gasteiger partial charge in [-0.15, -0.1) is 0 Å². The third-order valence-corrected chi connectivity index (χ3v) is 5.41. The van der Waals surface area contributed by atoms with Gasteiger partial charge in [0.2, 0.25) is 5.91 Å². The highest BCUT2D eigenvalue weighted by Gasteiger charge is 2.34. The maximum absolute atomic E-state index is 12.8. The minimum atomic E-state index is -0.184. The van der Waals surface area contributed by atoms with Crippen LogP contribution in [0.4, 0.5) is 0 Å². The Hall–Kier alpha value is -1.63. The Kier molecular flexibility index (Phi) is 6.51. The van der Waals surface area contributed by atoms with Gasteiger partial charge in [-0.25, -0.2) is 0 Å². The van der Waals surface area contributed by atoms with Gasteiger partial charge in [-0.2, -0.15) is 0 Å². The molecule has 3 atom stereocenters. The molecule has 2 aliphatic heterocycles. The minimum absolute atomic E-state index is 0.0392. The molecule has 0 saturated carbocycles. The van der Waals surface area contributed by atoms with Crippen molar-refractivity contribution in [1.29, 1.82) is 0 Å². The first-order valence-electron chi connectivity index (χ1n) is 9.50. The van der Waals surface area contributed by atoms with Crippen molar-refractivity contribution >= 4 is 5.91 Å². The third-order valence-electron chi connectivity index (χ3n) is 5.41. The lowest BCUT2D eigenvalue weighted by atomic mass is 9.96. The largest absolute Gasteiger partial charge is 0.496 e. The summed E-state index contributed by atoms with van der Waals surface area (Å²) in [6.45, 7) is 7.08. The molecule has 0 radical (unpaired) electrons. The van der Waals surface area contributed by atoms with Crippen molar-refractivity contribution in [3.05, 3.63) is 29.8 Å². The van der Waals surface area contributed by atoms with E-state index in [0.29, 0.717) is 19.1 Å². The first-order chi connectivity index (χ1) is 12.6. The molecule has 2 heterocycles. The van der Waals surface area contributed by atoms with Crippen molar-refractivity contribution in [2.24, 2.45) is 5.92 Å². The number of methoxy groups -OCH3 is 1. The first kappa shape index (κ1) is 19.1. The van der Waals surface area contributed by atoms with Crippen molar-refractivity contribution in [1.82, 2.24) is 10.2 Å². The van der Waals surface area contributed by atoms with Crippen molar-refractivity contribution in [3.8, 4) is 5.75 Å². The van der Waals surface area contributed by atoms with Crippen LogP contribution in [0.3, 0.4) is 0 Å². The highest BCUT2D eigenvalue weighted by molar-refractivity contribution is 5.81. The zero-order valence-electron chi connectivity index (χ0n) is 15.9. The van der Waals surface area contributed by atoms with Crippen LogP contribution in [-0.2, 0) is 14.3 Å². The minimum Gasteiger partial charge on any atom is -0.496 e. The van der Waals surface area contributed by atoms with Gasteiger partial charge in [0.05, 0.1) is 32.4 Å². The van der Waals surface area contributed by atoms with Crippen molar-refractivity contribution in [3.63, 3.8) is 0 Å². The Labute approximate surface area is 155 Å². The fourth-order valence-electron chi connectivity index (χ4n) is 3.86. The highest BCUT2D eigenvalue weighted by Crippen LogP contribution is 2.27. The molecule has 0 aliphatic carbocycles. The van der Waals surface area contributed by atoms with E-state index in [0.717, 1.165) is 37.2 Å². The Morgan fingerprint density at radius 2 is 2.00 bits per heavy atom. The topological polar surface area (TPSA) is 60.0 Å². The summed E-state index contributed by atoms with van der Waals surface area (Å²) in [6, 6.07) is 7.50. The number of benzene rings is 1. The molecule has 2 fully saturated rings. The third kappa shape index (κ3) is 4.37. The Morgan fingerprint density at radius 3 is 2.73 bits per heavy atom. The zero-order valence-corrected chi connectivity index (χ0v) is 15.9. The van der Waals surface area contributed by atoms with Gasteiger partial charge < -0.3 is 19.5 Å². The fourth-order valence-corrected chi connectivity index (χ4v) is 3.86. The van der Waals surface area contributed by atoms with E-state index in [1.165, 1.54) is 0 Å². The highest BCUT2D eigenvalue weighted by atomic mass is 16.7. The summed E-state index contributed by atoms with van der Waals surface area (Å²) >= 11 is 0. The smallest absolute Gasteiger partial charge is 0.237 e. The van der Waals surface area contributed by atoms with Crippen molar-refractivity contribution in [2.45, 2.75) is 45.1 Å². The second kappa shape index (κ2) is 8.84. The molecule has 0 aromatic heterocycles. The molecule has 144 valence electrons. The summed E-state index contributed by atoms with van der Waals surface area (Å²) in [4.78, 5) is 15.0. The van der Waals surface area contributed by atoms with Crippen molar-refractivity contribution in [2.75, 3.05) is 33.4 Å². The monoisotopic (exact) mass is 362 g/mol. The van der Waals surface area contributed by atoms with Gasteiger partial charge in [-0.3, -0.25) is 9.69 Å². The van der Waals surface area contributed by atoms with Gasteiger partial charge in [0, 0.05) is 18.0 Å². The lowest BCUT2D eigenvalue weighted by molar-refractivity contribution is -0.131. The molecule has 1 N–H and O–H groups in total. The molecule has 26 heavy (non-hydrogen) atoms. The molecule has 0 bridgehead atoms. The molecule has 0 spiro atoms. The molecule has 2 saturated heterocycles. The molecule has 3 rings (SSSR count).